The number of aliphatic hydroxyl groups excluding tert-OH is 1. The number of tetrazole rings is 1. The number of nitrogens with one attached hydrogen (secondary N) is 1. The first-order valence-corrected chi connectivity index (χ1v) is 11.5. The molecule has 0 saturated heterocycles. The van der Waals surface area contributed by atoms with Crippen molar-refractivity contribution in [1.82, 2.24) is 30.4 Å². The second-order valence-corrected chi connectivity index (χ2v) is 8.75. The minimum Gasteiger partial charge on any atom is -0.458 e. The lowest BCUT2D eigenvalue weighted by molar-refractivity contribution is -0.142. The monoisotopic (exact) mass is 458 g/mol. The summed E-state index contributed by atoms with van der Waals surface area (Å²) in [7, 11) is 0. The number of aryl methyl sites for hydroxylation is 1. The lowest BCUT2D eigenvalue weighted by atomic mass is 10.1. The molecule has 0 radical (unpaired) electrons. The third-order valence-electron chi connectivity index (χ3n) is 5.43. The van der Waals surface area contributed by atoms with E-state index in [0.717, 1.165) is 30.6 Å². The van der Waals surface area contributed by atoms with Crippen LogP contribution in [0.25, 0.3) is 11.6 Å². The fraction of sp³-hybridized carbons (Fsp3) is 0.476. The molecule has 2 N–H and O–H groups in total. The van der Waals surface area contributed by atoms with Gasteiger partial charge in [-0.25, -0.2) is 0 Å². The molecule has 10 nitrogen and oxygen atoms in total. The number of nitrogens with zero attached hydrogens (tertiary/aromatic N) is 5. The largest absolute Gasteiger partial charge is 0.458 e. The zero-order valence-electron chi connectivity index (χ0n) is 17.8. The van der Waals surface area contributed by atoms with Crippen molar-refractivity contribution in [3.63, 3.8) is 0 Å². The van der Waals surface area contributed by atoms with Crippen molar-refractivity contribution in [3.05, 3.63) is 40.3 Å². The molecule has 4 rings (SSSR count). The predicted octanol–water partition coefficient (Wildman–Crippen LogP) is 1.92. The summed E-state index contributed by atoms with van der Waals surface area (Å²) in [6.45, 7) is 1.33. The van der Waals surface area contributed by atoms with E-state index in [9.17, 15) is 14.7 Å². The van der Waals surface area contributed by atoms with Gasteiger partial charge >= 0.3 is 0 Å². The minimum atomic E-state index is -0.828. The maximum absolute atomic E-state index is 13.2. The van der Waals surface area contributed by atoms with Crippen LogP contribution in [0.1, 0.15) is 42.4 Å². The minimum absolute atomic E-state index is 0.0123. The molecule has 1 atom stereocenters. The van der Waals surface area contributed by atoms with Gasteiger partial charge in [-0.2, -0.15) is 4.80 Å². The normalized spacial score (nSPS) is 15.1. The Balaban J connectivity index is 1.53. The maximum atomic E-state index is 13.2. The highest BCUT2D eigenvalue weighted by molar-refractivity contribution is 7.10. The molecule has 1 aliphatic carbocycles. The molecule has 3 heterocycles. The Bertz CT molecular complexity index is 1040. The molecule has 32 heavy (non-hydrogen) atoms. The number of hydrogen-bond acceptors (Lipinski definition) is 8. The number of hydrogen-bond donors (Lipinski definition) is 2. The molecule has 0 aliphatic heterocycles. The first-order valence-electron chi connectivity index (χ1n) is 10.6. The number of thiophene rings is 1. The van der Waals surface area contributed by atoms with Crippen LogP contribution in [0.3, 0.4) is 0 Å². The Kier molecular flexibility index (Phi) is 6.96. The quantitative estimate of drug-likeness (QED) is 0.502. The van der Waals surface area contributed by atoms with Gasteiger partial charge in [-0.15, -0.1) is 21.5 Å². The van der Waals surface area contributed by atoms with E-state index in [0.29, 0.717) is 11.5 Å². The average Bonchev–Trinajstić information content (AvgIpc) is 3.56. The zero-order valence-corrected chi connectivity index (χ0v) is 18.6. The topological polar surface area (TPSA) is 126 Å². The smallest absolute Gasteiger partial charge is 0.248 e. The molecule has 170 valence electrons. The van der Waals surface area contributed by atoms with Crippen LogP contribution < -0.4 is 5.32 Å². The summed E-state index contributed by atoms with van der Waals surface area (Å²) in [6.07, 6.45) is 4.05. The number of carbonyl (C=O) groups is 2. The predicted molar refractivity (Wildman–Crippen MR) is 117 cm³/mol. The first-order chi connectivity index (χ1) is 15.5. The fourth-order valence-electron chi connectivity index (χ4n) is 3.90. The molecule has 0 spiro atoms. The molecule has 1 fully saturated rings. The summed E-state index contributed by atoms with van der Waals surface area (Å²) < 4.78 is 5.50. The highest BCUT2D eigenvalue weighted by Gasteiger charge is 2.34. The van der Waals surface area contributed by atoms with Crippen molar-refractivity contribution < 1.29 is 19.1 Å². The molecule has 3 aromatic heterocycles. The van der Waals surface area contributed by atoms with E-state index in [2.05, 4.69) is 20.7 Å². The molecule has 3 aromatic rings. The molecule has 0 bridgehead atoms. The van der Waals surface area contributed by atoms with Gasteiger partial charge in [0.25, 0.3) is 0 Å². The number of furan rings is 1. The molecule has 2 amide bonds. The molecule has 1 unspecified atom stereocenters. The third-order valence-corrected chi connectivity index (χ3v) is 6.35. The second kappa shape index (κ2) is 10.0. The highest BCUT2D eigenvalue weighted by Crippen LogP contribution is 2.27. The van der Waals surface area contributed by atoms with Gasteiger partial charge in [0.1, 0.15) is 18.3 Å². The Morgan fingerprint density at radius 1 is 1.34 bits per heavy atom. The van der Waals surface area contributed by atoms with Crippen LogP contribution in [0.2, 0.25) is 0 Å². The summed E-state index contributed by atoms with van der Waals surface area (Å²) in [4.78, 5) is 29.7. The fourth-order valence-corrected chi connectivity index (χ4v) is 4.74. The first kappa shape index (κ1) is 22.2. The van der Waals surface area contributed by atoms with Gasteiger partial charge in [0.2, 0.25) is 17.6 Å². The van der Waals surface area contributed by atoms with E-state index in [1.165, 1.54) is 21.0 Å². The van der Waals surface area contributed by atoms with Crippen LogP contribution in [-0.2, 0) is 16.1 Å². The van der Waals surface area contributed by atoms with Crippen molar-refractivity contribution >= 4 is 23.2 Å². The van der Waals surface area contributed by atoms with E-state index in [-0.39, 0.29) is 37.5 Å². The van der Waals surface area contributed by atoms with Crippen LogP contribution in [0.15, 0.2) is 34.1 Å². The summed E-state index contributed by atoms with van der Waals surface area (Å²) in [5, 5.41) is 26.7. The van der Waals surface area contributed by atoms with Crippen LogP contribution in [0.4, 0.5) is 0 Å². The van der Waals surface area contributed by atoms with E-state index in [4.69, 9.17) is 4.42 Å². The summed E-state index contributed by atoms with van der Waals surface area (Å²) in [5.41, 5.74) is 0. The lowest BCUT2D eigenvalue weighted by Gasteiger charge is -2.30. The molecule has 1 saturated carbocycles. The third kappa shape index (κ3) is 5.05. The zero-order chi connectivity index (χ0) is 22.5. The highest BCUT2D eigenvalue weighted by atomic mass is 32.1. The lowest BCUT2D eigenvalue weighted by Crippen LogP contribution is -2.47. The second-order valence-electron chi connectivity index (χ2n) is 7.77. The number of amides is 2. The SMILES string of the molecule is Cc1ccc(-c2nnn(CC(=O)N(CCO)C(C(=O)NC3CCCC3)c3cccs3)n2)o1. The van der Waals surface area contributed by atoms with Gasteiger partial charge in [-0.1, -0.05) is 18.9 Å². The van der Waals surface area contributed by atoms with Crippen LogP contribution >= 0.6 is 11.3 Å². The van der Waals surface area contributed by atoms with Gasteiger partial charge in [0.05, 0.1) is 6.61 Å². The molecule has 11 heteroatoms. The van der Waals surface area contributed by atoms with Gasteiger partial charge in [-0.3, -0.25) is 9.59 Å². The van der Waals surface area contributed by atoms with Gasteiger partial charge in [0, 0.05) is 17.5 Å². The van der Waals surface area contributed by atoms with Gasteiger partial charge in [-0.05, 0) is 48.6 Å². The van der Waals surface area contributed by atoms with E-state index in [1.54, 1.807) is 12.1 Å². The van der Waals surface area contributed by atoms with Crippen LogP contribution in [0.5, 0.6) is 0 Å². The van der Waals surface area contributed by atoms with Crippen molar-refractivity contribution in [2.75, 3.05) is 13.2 Å². The van der Waals surface area contributed by atoms with Gasteiger partial charge in [0.15, 0.2) is 5.76 Å². The summed E-state index contributed by atoms with van der Waals surface area (Å²) in [5.74, 6) is 0.820. The van der Waals surface area contributed by atoms with Crippen LogP contribution in [0, 0.1) is 6.92 Å². The number of carbonyl (C=O) groups excluding carboxylic acids is 2. The van der Waals surface area contributed by atoms with Crippen molar-refractivity contribution in [1.29, 1.82) is 0 Å². The number of aliphatic hydroxyl groups is 1. The molecular weight excluding hydrogens is 432 g/mol. The summed E-state index contributed by atoms with van der Waals surface area (Å²) >= 11 is 1.40. The number of aromatic nitrogens is 4. The van der Waals surface area contributed by atoms with Crippen LogP contribution in [-0.4, -0.2) is 61.2 Å². The Hall–Kier alpha value is -3.05. The van der Waals surface area contributed by atoms with E-state index in [1.807, 2.05) is 24.4 Å². The molecule has 1 aliphatic rings. The van der Waals surface area contributed by atoms with Crippen molar-refractivity contribution in [2.24, 2.45) is 0 Å². The Labute approximate surface area is 189 Å². The Morgan fingerprint density at radius 3 is 2.81 bits per heavy atom. The maximum Gasteiger partial charge on any atom is 0.248 e. The number of rotatable bonds is 9. The average molecular weight is 459 g/mol. The van der Waals surface area contributed by atoms with Crippen molar-refractivity contribution in [2.45, 2.75) is 51.2 Å². The van der Waals surface area contributed by atoms with Gasteiger partial charge < -0.3 is 19.7 Å². The van der Waals surface area contributed by atoms with E-state index >= 15 is 0 Å². The van der Waals surface area contributed by atoms with Crippen molar-refractivity contribution in [3.8, 4) is 11.6 Å². The van der Waals surface area contributed by atoms with E-state index < -0.39 is 11.9 Å². The summed E-state index contributed by atoms with van der Waals surface area (Å²) in [6, 6.07) is 6.48. The molecule has 0 aromatic carbocycles. The standard InChI is InChI=1S/C21H26N6O4S/c1-14-8-9-16(31-14)20-23-25-27(24-20)13-18(29)26(10-11-28)19(17-7-4-12-32-17)21(30)22-15-5-2-3-6-15/h4,7-9,12,15,19,28H,2-3,5-6,10-11,13H2,1H3,(H,22,30). The Morgan fingerprint density at radius 2 is 2.16 bits per heavy atom. The molecular formula is C21H26N6O4S.